The van der Waals surface area contributed by atoms with Crippen LogP contribution in [0.25, 0.3) is 0 Å². The van der Waals surface area contributed by atoms with Gasteiger partial charge in [0.15, 0.2) is 0 Å². The van der Waals surface area contributed by atoms with Crippen LogP contribution in [-0.4, -0.2) is 21.0 Å². The first-order valence-electron chi connectivity index (χ1n) is 5.92. The topological polar surface area (TPSA) is 75.1 Å². The Morgan fingerprint density at radius 3 is 2.74 bits per heavy atom. The molecule has 0 amide bonds. The Labute approximate surface area is 111 Å². The molecule has 98 valence electrons. The van der Waals surface area contributed by atoms with E-state index in [2.05, 4.69) is 15.3 Å². The summed E-state index contributed by atoms with van der Waals surface area (Å²) < 4.78 is 0. The van der Waals surface area contributed by atoms with Crippen molar-refractivity contribution >= 4 is 11.7 Å². The zero-order chi connectivity index (χ0) is 13.8. The molecule has 1 aromatic heterocycles. The predicted molar refractivity (Wildman–Crippen MR) is 72.2 cm³/mol. The van der Waals surface area contributed by atoms with Gasteiger partial charge in [-0.25, -0.2) is 14.8 Å². The maximum absolute atomic E-state index is 10.9. The Bertz CT molecular complexity index is 611. The van der Waals surface area contributed by atoms with Crippen molar-refractivity contribution < 1.29 is 9.90 Å². The zero-order valence-corrected chi connectivity index (χ0v) is 10.8. The van der Waals surface area contributed by atoms with Gasteiger partial charge < -0.3 is 10.4 Å². The van der Waals surface area contributed by atoms with Gasteiger partial charge in [-0.05, 0) is 43.7 Å². The van der Waals surface area contributed by atoms with Crippen LogP contribution < -0.4 is 5.32 Å². The number of aromatic nitrogens is 2. The maximum Gasteiger partial charge on any atom is 0.335 e. The molecule has 1 aromatic carbocycles. The molecule has 0 saturated carbocycles. The van der Waals surface area contributed by atoms with Crippen LogP contribution in [0.2, 0.25) is 0 Å². The minimum absolute atomic E-state index is 0.323. The molecule has 19 heavy (non-hydrogen) atoms. The lowest BCUT2D eigenvalue weighted by Crippen LogP contribution is -2.05. The second-order valence-corrected chi connectivity index (χ2v) is 4.28. The Balaban J connectivity index is 2.08. The monoisotopic (exact) mass is 257 g/mol. The van der Waals surface area contributed by atoms with E-state index in [9.17, 15) is 4.79 Å². The number of nitrogens with one attached hydrogen (secondary N) is 1. The first kappa shape index (κ1) is 13.0. The van der Waals surface area contributed by atoms with Gasteiger partial charge in [0.1, 0.15) is 5.82 Å². The summed E-state index contributed by atoms with van der Waals surface area (Å²) in [5.74, 6) is -0.174. The summed E-state index contributed by atoms with van der Waals surface area (Å²) in [4.78, 5) is 19.2. The molecule has 0 radical (unpaired) electrons. The fourth-order valence-electron chi connectivity index (χ4n) is 1.81. The van der Waals surface area contributed by atoms with Gasteiger partial charge >= 0.3 is 5.97 Å². The molecule has 2 N–H and O–H groups in total. The number of anilines is 1. The van der Waals surface area contributed by atoms with Gasteiger partial charge in [-0.1, -0.05) is 0 Å². The molecule has 0 unspecified atom stereocenters. The average Bonchev–Trinajstić information content (AvgIpc) is 2.36. The second kappa shape index (κ2) is 5.48. The van der Waals surface area contributed by atoms with E-state index >= 15 is 0 Å². The lowest BCUT2D eigenvalue weighted by atomic mass is 10.1. The van der Waals surface area contributed by atoms with Crippen molar-refractivity contribution in [1.29, 1.82) is 0 Å². The lowest BCUT2D eigenvalue weighted by molar-refractivity contribution is 0.0696. The molecule has 0 spiro atoms. The average molecular weight is 257 g/mol. The minimum Gasteiger partial charge on any atom is -0.478 e. The van der Waals surface area contributed by atoms with Crippen LogP contribution in [0.4, 0.5) is 5.69 Å². The van der Waals surface area contributed by atoms with E-state index in [1.807, 2.05) is 19.1 Å². The number of hydrogen-bond acceptors (Lipinski definition) is 4. The van der Waals surface area contributed by atoms with Gasteiger partial charge in [0.25, 0.3) is 0 Å². The van der Waals surface area contributed by atoms with Gasteiger partial charge in [0.05, 0.1) is 17.8 Å². The third kappa shape index (κ3) is 3.28. The highest BCUT2D eigenvalue weighted by molar-refractivity contribution is 5.89. The number of carboxylic acids is 1. The Hall–Kier alpha value is -2.43. The third-order valence-corrected chi connectivity index (χ3v) is 2.76. The number of aromatic carboxylic acids is 1. The summed E-state index contributed by atoms with van der Waals surface area (Å²) >= 11 is 0. The van der Waals surface area contributed by atoms with E-state index in [0.29, 0.717) is 12.1 Å². The summed E-state index contributed by atoms with van der Waals surface area (Å²) in [6.07, 6.45) is 1.72. The number of carbonyl (C=O) groups is 1. The largest absolute Gasteiger partial charge is 0.478 e. The highest BCUT2D eigenvalue weighted by Gasteiger charge is 2.07. The van der Waals surface area contributed by atoms with Crippen molar-refractivity contribution in [2.24, 2.45) is 0 Å². The predicted octanol–water partition coefficient (Wildman–Crippen LogP) is 2.40. The summed E-state index contributed by atoms with van der Waals surface area (Å²) in [5.41, 5.74) is 2.83. The Morgan fingerprint density at radius 1 is 1.32 bits per heavy atom. The van der Waals surface area contributed by atoms with Gasteiger partial charge in [-0.3, -0.25) is 0 Å². The van der Waals surface area contributed by atoms with Crippen LogP contribution in [0, 0.1) is 13.8 Å². The smallest absolute Gasteiger partial charge is 0.335 e. The standard InChI is InChI=1S/C14H15N3O2/c1-9-7-11(3-4-13(9)14(18)19)16-8-12-5-6-15-10(2)17-12/h3-7,16H,8H2,1-2H3,(H,18,19). The highest BCUT2D eigenvalue weighted by Crippen LogP contribution is 2.15. The molecule has 0 aliphatic carbocycles. The van der Waals surface area contributed by atoms with Gasteiger partial charge in [-0.2, -0.15) is 0 Å². The SMILES string of the molecule is Cc1nccc(CNc2ccc(C(=O)O)c(C)c2)n1. The van der Waals surface area contributed by atoms with E-state index in [4.69, 9.17) is 5.11 Å². The van der Waals surface area contributed by atoms with Crippen molar-refractivity contribution in [1.82, 2.24) is 9.97 Å². The molecular weight excluding hydrogens is 242 g/mol. The van der Waals surface area contributed by atoms with Crippen LogP contribution in [0.15, 0.2) is 30.5 Å². The van der Waals surface area contributed by atoms with E-state index < -0.39 is 5.97 Å². The summed E-state index contributed by atoms with van der Waals surface area (Å²) in [6.45, 7) is 4.20. The summed E-state index contributed by atoms with van der Waals surface area (Å²) in [7, 11) is 0. The molecular formula is C14H15N3O2. The Kier molecular flexibility index (Phi) is 3.75. The van der Waals surface area contributed by atoms with Crippen LogP contribution in [-0.2, 0) is 6.54 Å². The van der Waals surface area contributed by atoms with E-state index in [-0.39, 0.29) is 0 Å². The lowest BCUT2D eigenvalue weighted by Gasteiger charge is -2.08. The number of hydrogen-bond donors (Lipinski definition) is 2. The van der Waals surface area contributed by atoms with E-state index in [1.165, 1.54) is 0 Å². The van der Waals surface area contributed by atoms with Crippen molar-refractivity contribution in [3.05, 3.63) is 53.1 Å². The molecule has 1 heterocycles. The normalized spacial score (nSPS) is 10.2. The van der Waals surface area contributed by atoms with Crippen molar-refractivity contribution in [3.63, 3.8) is 0 Å². The fraction of sp³-hybridized carbons (Fsp3) is 0.214. The molecule has 2 aromatic rings. The number of carboxylic acid groups (broad SMARTS) is 1. The van der Waals surface area contributed by atoms with Gasteiger partial charge in [0.2, 0.25) is 0 Å². The molecule has 0 bridgehead atoms. The number of aryl methyl sites for hydroxylation is 2. The van der Waals surface area contributed by atoms with E-state index in [1.54, 1.807) is 25.3 Å². The van der Waals surface area contributed by atoms with Crippen molar-refractivity contribution in [3.8, 4) is 0 Å². The summed E-state index contributed by atoms with van der Waals surface area (Å²) in [5, 5.41) is 12.2. The zero-order valence-electron chi connectivity index (χ0n) is 10.8. The quantitative estimate of drug-likeness (QED) is 0.879. The molecule has 0 atom stereocenters. The van der Waals surface area contributed by atoms with Crippen LogP contribution in [0.1, 0.15) is 27.4 Å². The number of rotatable bonds is 4. The first-order chi connectivity index (χ1) is 9.06. The van der Waals surface area contributed by atoms with Crippen LogP contribution in [0.3, 0.4) is 0 Å². The Morgan fingerprint density at radius 2 is 2.11 bits per heavy atom. The first-order valence-corrected chi connectivity index (χ1v) is 5.92. The van der Waals surface area contributed by atoms with E-state index in [0.717, 1.165) is 22.8 Å². The fourth-order valence-corrected chi connectivity index (χ4v) is 1.81. The number of nitrogens with zero attached hydrogens (tertiary/aromatic N) is 2. The van der Waals surface area contributed by atoms with Crippen molar-refractivity contribution in [2.45, 2.75) is 20.4 Å². The van der Waals surface area contributed by atoms with Gasteiger partial charge in [0, 0.05) is 11.9 Å². The molecule has 0 fully saturated rings. The van der Waals surface area contributed by atoms with Crippen LogP contribution >= 0.6 is 0 Å². The molecule has 2 rings (SSSR count). The maximum atomic E-state index is 10.9. The molecule has 0 aliphatic rings. The number of benzene rings is 1. The van der Waals surface area contributed by atoms with Crippen molar-refractivity contribution in [2.75, 3.05) is 5.32 Å². The molecule has 0 saturated heterocycles. The highest BCUT2D eigenvalue weighted by atomic mass is 16.4. The molecule has 5 heteroatoms. The van der Waals surface area contributed by atoms with Gasteiger partial charge in [-0.15, -0.1) is 0 Å². The minimum atomic E-state index is -0.907. The van der Waals surface area contributed by atoms with Crippen LogP contribution in [0.5, 0.6) is 0 Å². The third-order valence-electron chi connectivity index (χ3n) is 2.76. The summed E-state index contributed by atoms with van der Waals surface area (Å²) in [6, 6.07) is 7.02. The molecule has 5 nitrogen and oxygen atoms in total. The molecule has 0 aliphatic heterocycles. The second-order valence-electron chi connectivity index (χ2n) is 4.28.